The number of nitrogens with zero attached hydrogens (tertiary/aromatic N) is 2. The van der Waals surface area contributed by atoms with Crippen LogP contribution in [0.3, 0.4) is 0 Å². The number of carbonyl (C=O) groups excluding carboxylic acids is 1. The molecule has 0 unspecified atom stereocenters. The van der Waals surface area contributed by atoms with Crippen molar-refractivity contribution < 1.29 is 9.53 Å². The summed E-state index contributed by atoms with van der Waals surface area (Å²) in [6.45, 7) is 2.02. The Labute approximate surface area is 135 Å². The van der Waals surface area contributed by atoms with Crippen LogP contribution in [0.15, 0.2) is 54.9 Å². The number of methoxy groups -OCH3 is 1. The molecule has 116 valence electrons. The standard InChI is InChI=1S/C19H18N2O2/c1-13-11-20-17(14-7-5-4-6-8-14)10-16(13)15-9-18(19(22)23-3)21(2)12-15/h4-12H,1-3H3. The Hall–Kier alpha value is -2.88. The number of aromatic nitrogens is 2. The fraction of sp³-hybridized carbons (Fsp3) is 0.158. The van der Waals surface area contributed by atoms with Crippen LogP contribution >= 0.6 is 0 Å². The Morgan fingerprint density at radius 3 is 2.57 bits per heavy atom. The number of carbonyl (C=O) groups is 1. The zero-order chi connectivity index (χ0) is 16.4. The van der Waals surface area contributed by atoms with Gasteiger partial charge in [-0.05, 0) is 30.2 Å². The highest BCUT2D eigenvalue weighted by Crippen LogP contribution is 2.29. The molecule has 3 rings (SSSR count). The van der Waals surface area contributed by atoms with Crippen molar-refractivity contribution in [1.29, 1.82) is 0 Å². The average molecular weight is 306 g/mol. The smallest absolute Gasteiger partial charge is 0.354 e. The zero-order valence-electron chi connectivity index (χ0n) is 13.4. The predicted molar refractivity (Wildman–Crippen MR) is 90.2 cm³/mol. The lowest BCUT2D eigenvalue weighted by molar-refractivity contribution is 0.0590. The molecule has 0 fully saturated rings. The van der Waals surface area contributed by atoms with E-state index in [-0.39, 0.29) is 5.97 Å². The Morgan fingerprint density at radius 2 is 1.87 bits per heavy atom. The van der Waals surface area contributed by atoms with Crippen LogP contribution in [0.1, 0.15) is 16.1 Å². The molecule has 0 N–H and O–H groups in total. The number of rotatable bonds is 3. The summed E-state index contributed by atoms with van der Waals surface area (Å²) in [6, 6.07) is 13.9. The molecule has 0 atom stereocenters. The highest BCUT2D eigenvalue weighted by Gasteiger charge is 2.14. The van der Waals surface area contributed by atoms with Crippen LogP contribution in [-0.2, 0) is 11.8 Å². The van der Waals surface area contributed by atoms with Crippen molar-refractivity contribution in [3.63, 3.8) is 0 Å². The normalized spacial score (nSPS) is 10.6. The monoisotopic (exact) mass is 306 g/mol. The lowest BCUT2D eigenvalue weighted by Crippen LogP contribution is -2.06. The van der Waals surface area contributed by atoms with E-state index in [0.29, 0.717) is 5.69 Å². The zero-order valence-corrected chi connectivity index (χ0v) is 13.4. The number of hydrogen-bond donors (Lipinski definition) is 0. The first kappa shape index (κ1) is 15.0. The summed E-state index contributed by atoms with van der Waals surface area (Å²) in [4.78, 5) is 16.3. The van der Waals surface area contributed by atoms with Gasteiger partial charge < -0.3 is 9.30 Å². The molecule has 0 aliphatic heterocycles. The summed E-state index contributed by atoms with van der Waals surface area (Å²) in [5.41, 5.74) is 5.61. The number of ether oxygens (including phenoxy) is 1. The quantitative estimate of drug-likeness (QED) is 0.690. The molecule has 0 bridgehead atoms. The molecular weight excluding hydrogens is 288 g/mol. The van der Waals surface area contributed by atoms with Gasteiger partial charge in [0.25, 0.3) is 0 Å². The van der Waals surface area contributed by atoms with Gasteiger partial charge in [-0.15, -0.1) is 0 Å². The van der Waals surface area contributed by atoms with E-state index in [1.807, 2.05) is 62.8 Å². The maximum absolute atomic E-state index is 11.8. The molecule has 1 aromatic carbocycles. The van der Waals surface area contributed by atoms with Gasteiger partial charge in [0, 0.05) is 30.6 Å². The van der Waals surface area contributed by atoms with E-state index >= 15 is 0 Å². The van der Waals surface area contributed by atoms with Gasteiger partial charge in [0.15, 0.2) is 0 Å². The summed E-state index contributed by atoms with van der Waals surface area (Å²) in [5.74, 6) is -0.339. The van der Waals surface area contributed by atoms with Crippen molar-refractivity contribution in [2.24, 2.45) is 7.05 Å². The minimum Gasteiger partial charge on any atom is -0.464 e. The van der Waals surface area contributed by atoms with Crippen LogP contribution in [0.25, 0.3) is 22.4 Å². The third-order valence-electron chi connectivity index (χ3n) is 3.88. The molecule has 2 heterocycles. The number of esters is 1. The first-order valence-electron chi connectivity index (χ1n) is 7.37. The van der Waals surface area contributed by atoms with E-state index in [2.05, 4.69) is 11.1 Å². The van der Waals surface area contributed by atoms with Crippen molar-refractivity contribution in [3.8, 4) is 22.4 Å². The van der Waals surface area contributed by atoms with Crippen LogP contribution in [0.2, 0.25) is 0 Å². The lowest BCUT2D eigenvalue weighted by atomic mass is 10.0. The molecule has 4 nitrogen and oxygen atoms in total. The number of aryl methyl sites for hydroxylation is 2. The van der Waals surface area contributed by atoms with Crippen LogP contribution in [-0.4, -0.2) is 22.6 Å². The molecule has 4 heteroatoms. The van der Waals surface area contributed by atoms with E-state index in [9.17, 15) is 4.79 Å². The van der Waals surface area contributed by atoms with E-state index in [0.717, 1.165) is 27.9 Å². The number of hydrogen-bond acceptors (Lipinski definition) is 3. The van der Waals surface area contributed by atoms with Gasteiger partial charge >= 0.3 is 5.97 Å². The Kier molecular flexibility index (Phi) is 3.98. The van der Waals surface area contributed by atoms with Gasteiger partial charge in [-0.3, -0.25) is 4.98 Å². The fourth-order valence-corrected chi connectivity index (χ4v) is 2.62. The predicted octanol–water partition coefficient (Wildman–Crippen LogP) is 3.85. The van der Waals surface area contributed by atoms with Crippen molar-refractivity contribution in [2.45, 2.75) is 6.92 Å². The van der Waals surface area contributed by atoms with Crippen molar-refractivity contribution in [2.75, 3.05) is 7.11 Å². The first-order valence-corrected chi connectivity index (χ1v) is 7.37. The third-order valence-corrected chi connectivity index (χ3v) is 3.88. The number of benzene rings is 1. The fourth-order valence-electron chi connectivity index (χ4n) is 2.62. The molecule has 0 aliphatic carbocycles. The number of pyridine rings is 1. The average Bonchev–Trinajstić information content (AvgIpc) is 2.97. The van der Waals surface area contributed by atoms with Gasteiger partial charge in [-0.2, -0.15) is 0 Å². The van der Waals surface area contributed by atoms with E-state index in [1.54, 1.807) is 4.57 Å². The minimum absolute atomic E-state index is 0.339. The Bertz CT molecular complexity index is 851. The van der Waals surface area contributed by atoms with Gasteiger partial charge in [-0.25, -0.2) is 4.79 Å². The maximum Gasteiger partial charge on any atom is 0.354 e. The van der Waals surface area contributed by atoms with Crippen molar-refractivity contribution >= 4 is 5.97 Å². The molecule has 23 heavy (non-hydrogen) atoms. The SMILES string of the molecule is COC(=O)c1cc(-c2cc(-c3ccccc3)ncc2C)cn1C. The first-order chi connectivity index (χ1) is 11.1. The minimum atomic E-state index is -0.339. The molecule has 2 aromatic heterocycles. The molecule has 0 aliphatic rings. The molecular formula is C19H18N2O2. The summed E-state index contributed by atoms with van der Waals surface area (Å²) < 4.78 is 6.60. The molecule has 0 saturated heterocycles. The summed E-state index contributed by atoms with van der Waals surface area (Å²) in [5, 5.41) is 0. The van der Waals surface area contributed by atoms with Crippen LogP contribution in [0.5, 0.6) is 0 Å². The maximum atomic E-state index is 11.8. The molecule has 0 spiro atoms. The molecule has 3 aromatic rings. The molecule has 0 saturated carbocycles. The van der Waals surface area contributed by atoms with Crippen LogP contribution < -0.4 is 0 Å². The third kappa shape index (κ3) is 2.88. The van der Waals surface area contributed by atoms with Crippen molar-refractivity contribution in [3.05, 3.63) is 66.1 Å². The van der Waals surface area contributed by atoms with Gasteiger partial charge in [0.2, 0.25) is 0 Å². The highest BCUT2D eigenvalue weighted by molar-refractivity contribution is 5.90. The van der Waals surface area contributed by atoms with Crippen molar-refractivity contribution in [1.82, 2.24) is 9.55 Å². The van der Waals surface area contributed by atoms with Crippen LogP contribution in [0, 0.1) is 6.92 Å². The molecule has 0 radical (unpaired) electrons. The van der Waals surface area contributed by atoms with Gasteiger partial charge in [0.1, 0.15) is 5.69 Å². The van der Waals surface area contributed by atoms with Crippen LogP contribution in [0.4, 0.5) is 0 Å². The summed E-state index contributed by atoms with van der Waals surface area (Å²) in [6.07, 6.45) is 3.80. The molecule has 0 amide bonds. The second-order valence-electron chi connectivity index (χ2n) is 5.47. The topological polar surface area (TPSA) is 44.1 Å². The highest BCUT2D eigenvalue weighted by atomic mass is 16.5. The summed E-state index contributed by atoms with van der Waals surface area (Å²) >= 11 is 0. The summed E-state index contributed by atoms with van der Waals surface area (Å²) in [7, 11) is 3.23. The Balaban J connectivity index is 2.08. The van der Waals surface area contributed by atoms with E-state index in [1.165, 1.54) is 7.11 Å². The van der Waals surface area contributed by atoms with E-state index in [4.69, 9.17) is 4.74 Å². The van der Waals surface area contributed by atoms with Gasteiger partial charge in [0.05, 0.1) is 12.8 Å². The second-order valence-corrected chi connectivity index (χ2v) is 5.47. The largest absolute Gasteiger partial charge is 0.464 e. The Morgan fingerprint density at radius 1 is 1.13 bits per heavy atom. The van der Waals surface area contributed by atoms with E-state index < -0.39 is 0 Å². The lowest BCUT2D eigenvalue weighted by Gasteiger charge is -2.07. The van der Waals surface area contributed by atoms with Gasteiger partial charge in [-0.1, -0.05) is 30.3 Å². The second kappa shape index (κ2) is 6.08.